The molecule has 1 aliphatic rings. The molecule has 0 radical (unpaired) electrons. The van der Waals surface area contributed by atoms with E-state index in [4.69, 9.17) is 15.0 Å². The van der Waals surface area contributed by atoms with Gasteiger partial charge in [-0.25, -0.2) is 0 Å². The van der Waals surface area contributed by atoms with Crippen LogP contribution >= 0.6 is 0 Å². The van der Waals surface area contributed by atoms with Crippen molar-refractivity contribution < 1.29 is 9.26 Å². The van der Waals surface area contributed by atoms with Gasteiger partial charge in [-0.05, 0) is 25.6 Å². The molecular weight excluding hydrogens is 256 g/mol. The van der Waals surface area contributed by atoms with E-state index < -0.39 is 0 Å². The summed E-state index contributed by atoms with van der Waals surface area (Å²) in [5.74, 6) is 1.02. The lowest BCUT2D eigenvalue weighted by Gasteiger charge is -2.27. The molecule has 2 N–H and O–H groups in total. The third-order valence-electron chi connectivity index (χ3n) is 3.55. The normalized spacial score (nSPS) is 20.2. The number of likely N-dealkylation sites (N-methyl/N-ethyl adjacent to an activating group) is 1. The Kier molecular flexibility index (Phi) is 3.42. The number of nitrogens with zero attached hydrogens (tertiary/aromatic N) is 3. The molecule has 0 aliphatic carbocycles. The lowest BCUT2D eigenvalue weighted by molar-refractivity contribution is -0.0264. The molecular formula is C14H18N4O2. The maximum absolute atomic E-state index is 6.06. The highest BCUT2D eigenvalue weighted by molar-refractivity contribution is 5.73. The Bertz CT molecular complexity index is 611. The Labute approximate surface area is 117 Å². The minimum absolute atomic E-state index is 0.141. The largest absolute Gasteiger partial charge is 0.398 e. The molecule has 1 fully saturated rings. The van der Waals surface area contributed by atoms with Crippen LogP contribution in [0.15, 0.2) is 22.7 Å². The van der Waals surface area contributed by atoms with Crippen LogP contribution in [0.5, 0.6) is 0 Å². The average Bonchev–Trinajstić information content (AvgIpc) is 2.91. The number of aryl methyl sites for hydroxylation is 1. The van der Waals surface area contributed by atoms with Gasteiger partial charge in [0.1, 0.15) is 6.10 Å². The standard InChI is InChI=1S/C14H18N4O2/c1-9-4-3-5-10(12(9)15)14-16-13(17-20-14)11-8-18(2)6-7-19-11/h3-5,11H,6-8,15H2,1-2H3. The number of morpholine rings is 1. The van der Waals surface area contributed by atoms with E-state index in [1.807, 2.05) is 25.1 Å². The quantitative estimate of drug-likeness (QED) is 0.839. The van der Waals surface area contributed by atoms with Crippen LogP contribution in [-0.4, -0.2) is 41.8 Å². The summed E-state index contributed by atoms with van der Waals surface area (Å²) in [6.45, 7) is 4.32. The summed E-state index contributed by atoms with van der Waals surface area (Å²) in [4.78, 5) is 6.62. The zero-order chi connectivity index (χ0) is 14.1. The highest BCUT2D eigenvalue weighted by Crippen LogP contribution is 2.28. The van der Waals surface area contributed by atoms with Gasteiger partial charge in [-0.3, -0.25) is 0 Å². The van der Waals surface area contributed by atoms with Gasteiger partial charge in [-0.15, -0.1) is 0 Å². The summed E-state index contributed by atoms with van der Waals surface area (Å²) < 4.78 is 11.0. The number of nitrogen functional groups attached to an aromatic ring is 1. The molecule has 1 aromatic heterocycles. The van der Waals surface area contributed by atoms with E-state index in [1.54, 1.807) is 0 Å². The summed E-state index contributed by atoms with van der Waals surface area (Å²) in [6.07, 6.45) is -0.141. The van der Waals surface area contributed by atoms with E-state index in [-0.39, 0.29) is 6.10 Å². The number of nitrogens with two attached hydrogens (primary N) is 1. The maximum Gasteiger partial charge on any atom is 0.260 e. The number of anilines is 1. The van der Waals surface area contributed by atoms with Crippen LogP contribution in [0, 0.1) is 6.92 Å². The van der Waals surface area contributed by atoms with Gasteiger partial charge in [0.2, 0.25) is 5.82 Å². The van der Waals surface area contributed by atoms with Crippen molar-refractivity contribution in [3.63, 3.8) is 0 Å². The molecule has 0 bridgehead atoms. The van der Waals surface area contributed by atoms with Gasteiger partial charge in [-0.2, -0.15) is 4.98 Å². The molecule has 1 unspecified atom stereocenters. The van der Waals surface area contributed by atoms with Crippen LogP contribution in [0.3, 0.4) is 0 Å². The fourth-order valence-electron chi connectivity index (χ4n) is 2.28. The molecule has 2 aromatic rings. The first kappa shape index (κ1) is 13.1. The highest BCUT2D eigenvalue weighted by Gasteiger charge is 2.25. The number of benzene rings is 1. The molecule has 1 atom stereocenters. The molecule has 0 amide bonds. The van der Waals surface area contributed by atoms with E-state index in [9.17, 15) is 0 Å². The van der Waals surface area contributed by atoms with E-state index >= 15 is 0 Å². The molecule has 0 saturated carbocycles. The molecule has 6 nitrogen and oxygen atoms in total. The Hall–Kier alpha value is -1.92. The molecule has 20 heavy (non-hydrogen) atoms. The summed E-state index contributed by atoms with van der Waals surface area (Å²) in [5, 5.41) is 4.03. The smallest absolute Gasteiger partial charge is 0.260 e. The second-order valence-corrected chi connectivity index (χ2v) is 5.12. The van der Waals surface area contributed by atoms with Gasteiger partial charge in [0.15, 0.2) is 0 Å². The fourth-order valence-corrected chi connectivity index (χ4v) is 2.28. The van der Waals surface area contributed by atoms with E-state index in [0.29, 0.717) is 24.0 Å². The van der Waals surface area contributed by atoms with Gasteiger partial charge in [0, 0.05) is 18.8 Å². The number of ether oxygens (including phenoxy) is 1. The second-order valence-electron chi connectivity index (χ2n) is 5.12. The van der Waals surface area contributed by atoms with Crippen LogP contribution in [0.4, 0.5) is 5.69 Å². The number of aromatic nitrogens is 2. The molecule has 3 rings (SSSR count). The van der Waals surface area contributed by atoms with Crippen LogP contribution in [0.25, 0.3) is 11.5 Å². The number of rotatable bonds is 2. The van der Waals surface area contributed by atoms with Crippen LogP contribution < -0.4 is 5.73 Å². The minimum Gasteiger partial charge on any atom is -0.398 e. The van der Waals surface area contributed by atoms with E-state index in [2.05, 4.69) is 22.1 Å². The summed E-state index contributed by atoms with van der Waals surface area (Å²) in [6, 6.07) is 5.76. The summed E-state index contributed by atoms with van der Waals surface area (Å²) in [7, 11) is 2.05. The monoisotopic (exact) mass is 274 g/mol. The summed E-state index contributed by atoms with van der Waals surface area (Å²) in [5.41, 5.74) is 8.50. The Balaban J connectivity index is 1.88. The first-order valence-electron chi connectivity index (χ1n) is 6.64. The van der Waals surface area contributed by atoms with Crippen molar-refractivity contribution in [2.75, 3.05) is 32.5 Å². The lowest BCUT2D eigenvalue weighted by Crippen LogP contribution is -2.35. The third kappa shape index (κ3) is 2.39. The minimum atomic E-state index is -0.141. The predicted octanol–water partition coefficient (Wildman–Crippen LogP) is 1.63. The number of hydrogen-bond acceptors (Lipinski definition) is 6. The molecule has 0 spiro atoms. The SMILES string of the molecule is Cc1cccc(-c2nc(C3CN(C)CCO3)no2)c1N. The molecule has 106 valence electrons. The van der Waals surface area contributed by atoms with Gasteiger partial charge >= 0.3 is 0 Å². The zero-order valence-electron chi connectivity index (χ0n) is 11.7. The number of hydrogen-bond donors (Lipinski definition) is 1. The lowest BCUT2D eigenvalue weighted by atomic mass is 10.1. The predicted molar refractivity (Wildman–Crippen MR) is 75.1 cm³/mol. The molecule has 1 aliphatic heterocycles. The summed E-state index contributed by atoms with van der Waals surface area (Å²) >= 11 is 0. The Morgan fingerprint density at radius 3 is 3.05 bits per heavy atom. The molecule has 6 heteroatoms. The van der Waals surface area contributed by atoms with Crippen molar-refractivity contribution in [2.24, 2.45) is 0 Å². The first-order chi connectivity index (χ1) is 9.65. The van der Waals surface area contributed by atoms with Gasteiger partial charge in [0.05, 0.1) is 12.2 Å². The van der Waals surface area contributed by atoms with Crippen molar-refractivity contribution in [3.05, 3.63) is 29.6 Å². The number of para-hydroxylation sites is 1. The average molecular weight is 274 g/mol. The van der Waals surface area contributed by atoms with E-state index in [1.165, 1.54) is 0 Å². The molecule has 1 saturated heterocycles. The van der Waals surface area contributed by atoms with Gasteiger partial charge in [0.25, 0.3) is 5.89 Å². The maximum atomic E-state index is 6.06. The molecule has 2 heterocycles. The van der Waals surface area contributed by atoms with Crippen molar-refractivity contribution in [3.8, 4) is 11.5 Å². The second kappa shape index (κ2) is 5.22. The van der Waals surface area contributed by atoms with Crippen molar-refractivity contribution in [2.45, 2.75) is 13.0 Å². The Morgan fingerprint density at radius 2 is 2.25 bits per heavy atom. The zero-order valence-corrected chi connectivity index (χ0v) is 11.7. The van der Waals surface area contributed by atoms with Gasteiger partial charge < -0.3 is 19.9 Å². The van der Waals surface area contributed by atoms with Crippen LogP contribution in [-0.2, 0) is 4.74 Å². The Morgan fingerprint density at radius 1 is 1.40 bits per heavy atom. The van der Waals surface area contributed by atoms with Crippen molar-refractivity contribution in [1.82, 2.24) is 15.0 Å². The van der Waals surface area contributed by atoms with Crippen molar-refractivity contribution in [1.29, 1.82) is 0 Å². The van der Waals surface area contributed by atoms with Crippen LogP contribution in [0.2, 0.25) is 0 Å². The van der Waals surface area contributed by atoms with Crippen molar-refractivity contribution >= 4 is 5.69 Å². The van der Waals surface area contributed by atoms with Gasteiger partial charge in [-0.1, -0.05) is 17.3 Å². The van der Waals surface area contributed by atoms with Crippen LogP contribution in [0.1, 0.15) is 17.5 Å². The topological polar surface area (TPSA) is 77.4 Å². The van der Waals surface area contributed by atoms with E-state index in [0.717, 1.165) is 24.2 Å². The third-order valence-corrected chi connectivity index (χ3v) is 3.55. The fraction of sp³-hybridized carbons (Fsp3) is 0.429. The first-order valence-corrected chi connectivity index (χ1v) is 6.64. The molecule has 1 aromatic carbocycles. The highest BCUT2D eigenvalue weighted by atomic mass is 16.5.